The molecule has 0 saturated heterocycles. The zero-order valence-corrected chi connectivity index (χ0v) is 17.4. The summed E-state index contributed by atoms with van der Waals surface area (Å²) >= 11 is 23.7. The number of carbonyl (C=O) groups is 2. The third-order valence-electron chi connectivity index (χ3n) is 3.79. The van der Waals surface area contributed by atoms with Crippen molar-refractivity contribution in [3.05, 3.63) is 63.6 Å². The average Bonchev–Trinajstić information content (AvgIpc) is 2.63. The van der Waals surface area contributed by atoms with Gasteiger partial charge in [0.25, 0.3) is 0 Å². The molecule has 0 fully saturated rings. The molecule has 8 heteroatoms. The third-order valence-corrected chi connectivity index (χ3v) is 4.69. The Morgan fingerprint density at radius 1 is 0.926 bits per heavy atom. The molecule has 0 unspecified atom stereocenters. The normalized spacial score (nSPS) is 10.9. The molecule has 0 radical (unpaired) electrons. The number of alkyl halides is 2. The molecule has 2 rings (SSSR count). The van der Waals surface area contributed by atoms with Crippen LogP contribution in [0.1, 0.15) is 15.9 Å². The van der Waals surface area contributed by atoms with E-state index in [1.165, 1.54) is 6.07 Å². The molecule has 4 nitrogen and oxygen atoms in total. The van der Waals surface area contributed by atoms with Crippen LogP contribution in [0.15, 0.2) is 42.5 Å². The Morgan fingerprint density at radius 2 is 1.59 bits per heavy atom. The number of nitrogens with one attached hydrogen (secondary N) is 1. The van der Waals surface area contributed by atoms with E-state index in [0.29, 0.717) is 46.1 Å². The summed E-state index contributed by atoms with van der Waals surface area (Å²) in [6, 6.07) is 11.4. The summed E-state index contributed by atoms with van der Waals surface area (Å²) in [6.07, 6.45) is 0. The third kappa shape index (κ3) is 6.37. The minimum absolute atomic E-state index is 0.113. The van der Waals surface area contributed by atoms with E-state index in [2.05, 4.69) is 5.32 Å². The van der Waals surface area contributed by atoms with Crippen LogP contribution in [0, 0.1) is 0 Å². The second kappa shape index (κ2) is 10.9. The number of carbonyl (C=O) groups excluding carboxylic acids is 2. The van der Waals surface area contributed by atoms with Gasteiger partial charge in [-0.3, -0.25) is 14.5 Å². The van der Waals surface area contributed by atoms with Crippen molar-refractivity contribution >= 4 is 63.8 Å². The molecule has 0 atom stereocenters. The lowest BCUT2D eigenvalue weighted by Crippen LogP contribution is -2.36. The number of anilines is 1. The summed E-state index contributed by atoms with van der Waals surface area (Å²) in [4.78, 5) is 27.2. The Hall–Kier alpha value is -1.30. The van der Waals surface area contributed by atoms with E-state index in [1.807, 2.05) is 4.90 Å². The Kier molecular flexibility index (Phi) is 8.87. The summed E-state index contributed by atoms with van der Waals surface area (Å²) < 4.78 is 0. The molecule has 1 amide bonds. The van der Waals surface area contributed by atoms with Gasteiger partial charge in [0, 0.05) is 41.0 Å². The van der Waals surface area contributed by atoms with Gasteiger partial charge in [0.15, 0.2) is 5.78 Å². The second-order valence-corrected chi connectivity index (χ2v) is 7.30. The summed E-state index contributed by atoms with van der Waals surface area (Å²) in [6.45, 7) is 1.18. The molecule has 2 aromatic carbocycles. The Morgan fingerprint density at radius 3 is 2.22 bits per heavy atom. The molecule has 27 heavy (non-hydrogen) atoms. The van der Waals surface area contributed by atoms with Crippen LogP contribution >= 0.6 is 46.4 Å². The van der Waals surface area contributed by atoms with E-state index in [-0.39, 0.29) is 23.8 Å². The topological polar surface area (TPSA) is 49.4 Å². The summed E-state index contributed by atoms with van der Waals surface area (Å²) in [7, 11) is 0. The Labute approximate surface area is 178 Å². The van der Waals surface area contributed by atoms with E-state index in [0.717, 1.165) is 0 Å². The fraction of sp³-hybridized carbons (Fsp3) is 0.263. The average molecular weight is 448 g/mol. The SMILES string of the molecule is O=C(CN(CCCl)CCCl)Nc1ccc(Cl)cc1C(=O)c1ccccc1Cl. The number of benzene rings is 2. The first-order valence-corrected chi connectivity index (χ1v) is 10.0. The van der Waals surface area contributed by atoms with E-state index in [9.17, 15) is 9.59 Å². The van der Waals surface area contributed by atoms with Crippen LogP contribution in [0.2, 0.25) is 10.0 Å². The molecule has 144 valence electrons. The van der Waals surface area contributed by atoms with E-state index >= 15 is 0 Å². The van der Waals surface area contributed by atoms with Gasteiger partial charge >= 0.3 is 0 Å². The van der Waals surface area contributed by atoms with Gasteiger partial charge in [0.2, 0.25) is 5.91 Å². The number of hydrogen-bond acceptors (Lipinski definition) is 3. The Bertz CT molecular complexity index is 808. The number of amides is 1. The molecule has 0 heterocycles. The Balaban J connectivity index is 2.24. The summed E-state index contributed by atoms with van der Waals surface area (Å²) in [5.41, 5.74) is 0.971. The first kappa shape index (κ1) is 22.0. The molecule has 0 aromatic heterocycles. The predicted molar refractivity (Wildman–Crippen MR) is 113 cm³/mol. The lowest BCUT2D eigenvalue weighted by atomic mass is 10.0. The molecule has 0 spiro atoms. The first-order chi connectivity index (χ1) is 13.0. The zero-order chi connectivity index (χ0) is 19.8. The predicted octanol–water partition coefficient (Wildman–Crippen LogP) is 4.94. The lowest BCUT2D eigenvalue weighted by Gasteiger charge is -2.20. The van der Waals surface area contributed by atoms with Gasteiger partial charge in [-0.1, -0.05) is 35.3 Å². The number of nitrogens with zero attached hydrogens (tertiary/aromatic N) is 1. The number of rotatable bonds is 9. The van der Waals surface area contributed by atoms with Crippen molar-refractivity contribution in [2.45, 2.75) is 0 Å². The van der Waals surface area contributed by atoms with Crippen LogP contribution in [-0.4, -0.2) is 48.0 Å². The van der Waals surface area contributed by atoms with Gasteiger partial charge < -0.3 is 5.32 Å². The van der Waals surface area contributed by atoms with Gasteiger partial charge in [0.1, 0.15) is 0 Å². The van der Waals surface area contributed by atoms with Crippen LogP contribution in [0.3, 0.4) is 0 Å². The number of halogens is 4. The second-order valence-electron chi connectivity index (χ2n) is 5.70. The molecule has 0 aliphatic heterocycles. The molecular weight excluding hydrogens is 430 g/mol. The fourth-order valence-corrected chi connectivity index (χ4v) is 3.38. The highest BCUT2D eigenvalue weighted by Gasteiger charge is 2.19. The number of ketones is 1. The van der Waals surface area contributed by atoms with Gasteiger partial charge in [0.05, 0.1) is 17.3 Å². The summed E-state index contributed by atoms with van der Waals surface area (Å²) in [5.74, 6) is 0.181. The van der Waals surface area contributed by atoms with Gasteiger partial charge in [-0.15, -0.1) is 23.2 Å². The van der Waals surface area contributed by atoms with Crippen molar-refractivity contribution in [1.82, 2.24) is 4.90 Å². The maximum absolute atomic E-state index is 12.9. The number of hydrogen-bond donors (Lipinski definition) is 1. The highest BCUT2D eigenvalue weighted by Crippen LogP contribution is 2.26. The molecule has 0 bridgehead atoms. The standard InChI is InChI=1S/C19H18Cl4N2O2/c20-7-9-25(10-8-21)12-18(26)24-17-6-5-13(22)11-15(17)19(27)14-3-1-2-4-16(14)23/h1-6,11H,7-10,12H2,(H,24,26). The van der Waals surface area contributed by atoms with Crippen LogP contribution < -0.4 is 5.32 Å². The minimum atomic E-state index is -0.322. The highest BCUT2D eigenvalue weighted by molar-refractivity contribution is 6.36. The summed E-state index contributed by atoms with van der Waals surface area (Å²) in [5, 5.41) is 3.48. The van der Waals surface area contributed by atoms with Gasteiger partial charge in [-0.05, 0) is 30.3 Å². The fourth-order valence-electron chi connectivity index (χ4n) is 2.51. The molecule has 0 aliphatic carbocycles. The van der Waals surface area contributed by atoms with Crippen molar-refractivity contribution in [2.75, 3.05) is 36.7 Å². The van der Waals surface area contributed by atoms with E-state index in [1.54, 1.807) is 36.4 Å². The van der Waals surface area contributed by atoms with Crippen LogP contribution in [0.25, 0.3) is 0 Å². The lowest BCUT2D eigenvalue weighted by molar-refractivity contribution is -0.117. The molecular formula is C19H18Cl4N2O2. The van der Waals surface area contributed by atoms with Crippen LogP contribution in [-0.2, 0) is 4.79 Å². The van der Waals surface area contributed by atoms with Gasteiger partial charge in [-0.25, -0.2) is 0 Å². The van der Waals surface area contributed by atoms with Crippen molar-refractivity contribution in [3.8, 4) is 0 Å². The molecule has 0 saturated carbocycles. The van der Waals surface area contributed by atoms with E-state index < -0.39 is 0 Å². The molecule has 2 aromatic rings. The van der Waals surface area contributed by atoms with Crippen molar-refractivity contribution in [3.63, 3.8) is 0 Å². The zero-order valence-electron chi connectivity index (χ0n) is 14.4. The van der Waals surface area contributed by atoms with Crippen molar-refractivity contribution < 1.29 is 9.59 Å². The minimum Gasteiger partial charge on any atom is -0.324 e. The van der Waals surface area contributed by atoms with Crippen molar-refractivity contribution in [1.29, 1.82) is 0 Å². The van der Waals surface area contributed by atoms with Crippen LogP contribution in [0.4, 0.5) is 5.69 Å². The highest BCUT2D eigenvalue weighted by atomic mass is 35.5. The van der Waals surface area contributed by atoms with Crippen LogP contribution in [0.5, 0.6) is 0 Å². The molecule has 1 N–H and O–H groups in total. The largest absolute Gasteiger partial charge is 0.324 e. The smallest absolute Gasteiger partial charge is 0.238 e. The monoisotopic (exact) mass is 446 g/mol. The molecule has 0 aliphatic rings. The quantitative estimate of drug-likeness (QED) is 0.437. The van der Waals surface area contributed by atoms with Gasteiger partial charge in [-0.2, -0.15) is 0 Å². The van der Waals surface area contributed by atoms with Crippen molar-refractivity contribution in [2.24, 2.45) is 0 Å². The van der Waals surface area contributed by atoms with E-state index in [4.69, 9.17) is 46.4 Å². The maximum Gasteiger partial charge on any atom is 0.238 e. The first-order valence-electron chi connectivity index (χ1n) is 8.19. The maximum atomic E-state index is 12.9.